The molecule has 1 N–H and O–H groups in total. The maximum absolute atomic E-state index is 5.37. The molecule has 0 aliphatic rings. The van der Waals surface area contributed by atoms with E-state index in [1.165, 1.54) is 133 Å². The van der Waals surface area contributed by atoms with Gasteiger partial charge in [-0.25, -0.2) is 0 Å². The average Bonchev–Trinajstić information content (AvgIpc) is 3.79. The second kappa shape index (κ2) is 16.3. The molecule has 0 amide bonds. The lowest BCUT2D eigenvalue weighted by atomic mass is 9.89. The summed E-state index contributed by atoms with van der Waals surface area (Å²) in [5.41, 5.74) is 5.71. The maximum atomic E-state index is 5.37. The number of fused-ring (bicyclic) bond motifs is 3. The fourth-order valence-corrected chi connectivity index (χ4v) is 9.63. The van der Waals surface area contributed by atoms with Gasteiger partial charge in [0.15, 0.2) is 0 Å². The van der Waals surface area contributed by atoms with Gasteiger partial charge in [0.05, 0.1) is 23.7 Å². The van der Waals surface area contributed by atoms with Crippen molar-refractivity contribution in [3.63, 3.8) is 0 Å². The zero-order valence-electron chi connectivity index (χ0n) is 24.9. The van der Waals surface area contributed by atoms with Crippen LogP contribution in [0.1, 0.15) is 109 Å². The number of hydrogen-bond acceptors (Lipinski definition) is 5. The molecule has 1 unspecified atom stereocenters. The Morgan fingerprint density at radius 2 is 1.38 bits per heavy atom. The van der Waals surface area contributed by atoms with E-state index in [0.717, 1.165) is 36.6 Å². The lowest BCUT2D eigenvalue weighted by molar-refractivity contribution is 0.373. The SMILES string of the molecule is CCCCCCCCC(CCCCCC)CCCc1nc(-c2ccc(Br)s2)c2c1cc(-c1ccc(Br)s1)c1ns[nH]c12. The van der Waals surface area contributed by atoms with Gasteiger partial charge in [-0.15, -0.1) is 22.7 Å². The Balaban J connectivity index is 1.39. The van der Waals surface area contributed by atoms with Crippen molar-refractivity contribution in [3.8, 4) is 21.0 Å². The van der Waals surface area contributed by atoms with Crippen LogP contribution in [0.5, 0.6) is 0 Å². The van der Waals surface area contributed by atoms with Gasteiger partial charge >= 0.3 is 0 Å². The molecule has 5 rings (SSSR count). The average molecular weight is 750 g/mol. The third-order valence-corrected chi connectivity index (χ3v) is 12.3. The number of thiophene rings is 2. The molecule has 0 spiro atoms. The number of rotatable bonds is 18. The van der Waals surface area contributed by atoms with E-state index < -0.39 is 0 Å². The van der Waals surface area contributed by atoms with E-state index in [2.05, 4.69) is 80.4 Å². The minimum Gasteiger partial charge on any atom is -0.293 e. The number of halogens is 2. The lowest BCUT2D eigenvalue weighted by Gasteiger charge is -2.17. The van der Waals surface area contributed by atoms with E-state index in [0.29, 0.717) is 0 Å². The molecule has 0 aliphatic heterocycles. The first-order valence-corrected chi connectivity index (χ1v) is 19.9. The Hall–Kier alpha value is -1.06. The summed E-state index contributed by atoms with van der Waals surface area (Å²) in [5.74, 6) is 0.849. The van der Waals surface area contributed by atoms with Gasteiger partial charge in [0.2, 0.25) is 0 Å². The van der Waals surface area contributed by atoms with Gasteiger partial charge in [0.1, 0.15) is 5.52 Å². The molecule has 1 aromatic carbocycles. The molecule has 0 bridgehead atoms. The summed E-state index contributed by atoms with van der Waals surface area (Å²) in [6.07, 6.45) is 20.2. The molecule has 42 heavy (non-hydrogen) atoms. The van der Waals surface area contributed by atoms with E-state index >= 15 is 0 Å². The predicted molar refractivity (Wildman–Crippen MR) is 194 cm³/mol. The molecule has 3 nitrogen and oxygen atoms in total. The van der Waals surface area contributed by atoms with Gasteiger partial charge in [0, 0.05) is 38.6 Å². The van der Waals surface area contributed by atoms with Crippen LogP contribution in [0.4, 0.5) is 0 Å². The standard InChI is InChI=1S/C34H43Br2N3S3/c1-3-5-7-9-10-12-15-23(14-11-8-6-4-2)16-13-17-26-24-22-25(27-18-20-29(35)40-27)32-34(39-42-38-32)31(24)33(37-26)28-19-21-30(36)41-28/h18-23,39H,3-17H2,1-2H3. The molecule has 4 aromatic heterocycles. The first kappa shape index (κ1) is 32.3. The fourth-order valence-electron chi connectivity index (χ4n) is 6.23. The van der Waals surface area contributed by atoms with Gasteiger partial charge in [-0.05, 0) is 81.0 Å². The number of aryl methyl sites for hydroxylation is 1. The second-order valence-corrected chi connectivity index (χ2v) is 17.1. The Kier molecular flexibility index (Phi) is 12.6. The topological polar surface area (TPSA) is 41.6 Å². The van der Waals surface area contributed by atoms with Crippen molar-refractivity contribution >= 4 is 88.1 Å². The number of nitrogens with zero attached hydrogens (tertiary/aromatic N) is 2. The van der Waals surface area contributed by atoms with Gasteiger partial charge in [-0.2, -0.15) is 4.37 Å². The van der Waals surface area contributed by atoms with Crippen molar-refractivity contribution in [2.45, 2.75) is 110 Å². The molecule has 8 heteroatoms. The molecule has 5 aromatic rings. The Bertz CT molecular complexity index is 1550. The Morgan fingerprint density at radius 1 is 0.762 bits per heavy atom. The highest BCUT2D eigenvalue weighted by atomic mass is 79.9. The number of hydrogen-bond donors (Lipinski definition) is 1. The van der Waals surface area contributed by atoms with Crippen LogP contribution in [0, 0.1) is 5.92 Å². The van der Waals surface area contributed by atoms with Crippen molar-refractivity contribution in [1.82, 2.24) is 13.7 Å². The smallest absolute Gasteiger partial charge is 0.111 e. The van der Waals surface area contributed by atoms with E-state index in [9.17, 15) is 0 Å². The van der Waals surface area contributed by atoms with Crippen LogP contribution >= 0.6 is 66.3 Å². The third kappa shape index (κ3) is 8.15. The van der Waals surface area contributed by atoms with Crippen molar-refractivity contribution in [2.75, 3.05) is 0 Å². The molecular weight excluding hydrogens is 706 g/mol. The lowest BCUT2D eigenvalue weighted by Crippen LogP contribution is -2.03. The van der Waals surface area contributed by atoms with Gasteiger partial charge < -0.3 is 0 Å². The summed E-state index contributed by atoms with van der Waals surface area (Å²) in [7, 11) is 0. The minimum absolute atomic E-state index is 0.849. The van der Waals surface area contributed by atoms with Gasteiger partial charge in [0.25, 0.3) is 0 Å². The van der Waals surface area contributed by atoms with Gasteiger partial charge in [-0.3, -0.25) is 9.36 Å². The highest BCUT2D eigenvalue weighted by Gasteiger charge is 2.22. The highest BCUT2D eigenvalue weighted by molar-refractivity contribution is 9.11. The molecule has 0 radical (unpaired) electrons. The van der Waals surface area contributed by atoms with E-state index in [4.69, 9.17) is 9.36 Å². The van der Waals surface area contributed by atoms with Gasteiger partial charge in [-0.1, -0.05) is 97.3 Å². The van der Waals surface area contributed by atoms with Crippen molar-refractivity contribution in [1.29, 1.82) is 0 Å². The van der Waals surface area contributed by atoms with E-state index in [1.54, 1.807) is 22.7 Å². The Labute approximate surface area is 280 Å². The summed E-state index contributed by atoms with van der Waals surface area (Å²) in [6, 6.07) is 11.0. The summed E-state index contributed by atoms with van der Waals surface area (Å²) in [6.45, 7) is 4.62. The van der Waals surface area contributed by atoms with Crippen LogP contribution in [0.2, 0.25) is 0 Å². The van der Waals surface area contributed by atoms with E-state index in [1.807, 2.05) is 0 Å². The molecule has 0 fully saturated rings. The first-order valence-electron chi connectivity index (χ1n) is 15.9. The maximum Gasteiger partial charge on any atom is 0.111 e. The quantitative estimate of drug-likeness (QED) is 0.0907. The van der Waals surface area contributed by atoms with Crippen LogP contribution in [0.15, 0.2) is 37.9 Å². The largest absolute Gasteiger partial charge is 0.293 e. The zero-order chi connectivity index (χ0) is 29.3. The third-order valence-electron chi connectivity index (χ3n) is 8.48. The second-order valence-electron chi connectivity index (χ2n) is 11.6. The molecular formula is C34H43Br2N3S3. The van der Waals surface area contributed by atoms with Crippen LogP contribution in [0.3, 0.4) is 0 Å². The molecule has 1 atom stereocenters. The van der Waals surface area contributed by atoms with Crippen molar-refractivity contribution in [2.24, 2.45) is 5.92 Å². The first-order chi connectivity index (χ1) is 20.6. The van der Waals surface area contributed by atoms with E-state index in [-0.39, 0.29) is 0 Å². The minimum atomic E-state index is 0.849. The summed E-state index contributed by atoms with van der Waals surface area (Å²) >= 11 is 12.3. The Morgan fingerprint density at radius 3 is 2.05 bits per heavy atom. The van der Waals surface area contributed by atoms with Crippen LogP contribution in [-0.4, -0.2) is 13.7 Å². The molecule has 226 valence electrons. The molecule has 0 saturated carbocycles. The number of nitrogens with one attached hydrogen (secondary N) is 1. The monoisotopic (exact) mass is 747 g/mol. The molecule has 0 saturated heterocycles. The number of aromatic amines is 1. The summed E-state index contributed by atoms with van der Waals surface area (Å²) in [5, 5.41) is 2.51. The van der Waals surface area contributed by atoms with Crippen molar-refractivity contribution in [3.05, 3.63) is 43.6 Å². The highest BCUT2D eigenvalue weighted by Crippen LogP contribution is 2.44. The fraction of sp³-hybridized carbons (Fsp3) is 0.529. The number of unbranched alkanes of at least 4 members (excludes halogenated alkanes) is 8. The molecule has 0 aliphatic carbocycles. The van der Waals surface area contributed by atoms with Crippen LogP contribution < -0.4 is 0 Å². The van der Waals surface area contributed by atoms with Crippen LogP contribution in [-0.2, 0) is 6.42 Å². The number of benzene rings is 1. The predicted octanol–water partition coefficient (Wildman–Crippen LogP) is 13.8. The van der Waals surface area contributed by atoms with Crippen LogP contribution in [0.25, 0.3) is 42.8 Å². The molecule has 4 heterocycles. The number of H-pyrrole nitrogens is 1. The summed E-state index contributed by atoms with van der Waals surface area (Å²) in [4.78, 5) is 7.82. The zero-order valence-corrected chi connectivity index (χ0v) is 30.6. The normalized spacial score (nSPS) is 12.7. The van der Waals surface area contributed by atoms with Crippen molar-refractivity contribution < 1.29 is 0 Å². The summed E-state index contributed by atoms with van der Waals surface area (Å²) < 4.78 is 10.6. The number of aromatic nitrogens is 3.